The zero-order valence-corrected chi connectivity index (χ0v) is 16.6. The molecule has 0 aliphatic heterocycles. The minimum absolute atomic E-state index is 0.121. The fourth-order valence-electron chi connectivity index (χ4n) is 4.31. The second-order valence-electron chi connectivity index (χ2n) is 7.51. The number of fused-ring (bicyclic) bond motifs is 2. The van der Waals surface area contributed by atoms with Gasteiger partial charge in [0.2, 0.25) is 5.91 Å². The Morgan fingerprint density at radius 2 is 2.14 bits per heavy atom. The zero-order chi connectivity index (χ0) is 19.5. The number of aryl methyl sites for hydroxylation is 2. The van der Waals surface area contributed by atoms with Crippen molar-refractivity contribution in [2.75, 3.05) is 13.7 Å². The lowest BCUT2D eigenvalue weighted by molar-refractivity contribution is -0.121. The summed E-state index contributed by atoms with van der Waals surface area (Å²) < 4.78 is 7.50. The first-order valence-corrected chi connectivity index (χ1v) is 10.0. The van der Waals surface area contributed by atoms with E-state index < -0.39 is 0 Å². The summed E-state index contributed by atoms with van der Waals surface area (Å²) in [6.45, 7) is 3.35. The molecule has 1 unspecified atom stereocenters. The molecule has 0 saturated heterocycles. The van der Waals surface area contributed by atoms with Gasteiger partial charge in [0.25, 0.3) is 0 Å². The third kappa shape index (κ3) is 3.75. The second-order valence-corrected chi connectivity index (χ2v) is 7.51. The van der Waals surface area contributed by atoms with Crippen LogP contribution >= 0.6 is 0 Å². The number of benzene rings is 2. The van der Waals surface area contributed by atoms with E-state index in [0.717, 1.165) is 48.4 Å². The topological polar surface area (TPSA) is 56.1 Å². The van der Waals surface area contributed by atoms with Gasteiger partial charge in [0.15, 0.2) is 0 Å². The van der Waals surface area contributed by atoms with Crippen LogP contribution in [0, 0.1) is 6.92 Å². The van der Waals surface area contributed by atoms with Crippen molar-refractivity contribution in [3.63, 3.8) is 0 Å². The summed E-state index contributed by atoms with van der Waals surface area (Å²) in [6, 6.07) is 14.4. The van der Waals surface area contributed by atoms with E-state index in [2.05, 4.69) is 33.1 Å². The van der Waals surface area contributed by atoms with Gasteiger partial charge in [-0.05, 0) is 67.5 Å². The van der Waals surface area contributed by atoms with Crippen LogP contribution in [0.15, 0.2) is 42.5 Å². The predicted octanol–water partition coefficient (Wildman–Crippen LogP) is 3.98. The highest BCUT2D eigenvalue weighted by molar-refractivity contribution is 5.77. The van der Waals surface area contributed by atoms with E-state index in [4.69, 9.17) is 4.74 Å². The molecule has 1 N–H and O–H groups in total. The second kappa shape index (κ2) is 8.05. The van der Waals surface area contributed by atoms with Gasteiger partial charge in [0, 0.05) is 19.5 Å². The predicted molar refractivity (Wildman–Crippen MR) is 111 cm³/mol. The van der Waals surface area contributed by atoms with Crippen LogP contribution in [-0.2, 0) is 17.8 Å². The number of nitrogens with zero attached hydrogens (tertiary/aromatic N) is 2. The summed E-state index contributed by atoms with van der Waals surface area (Å²) in [6.07, 6.45) is 3.80. The zero-order valence-electron chi connectivity index (χ0n) is 16.6. The summed E-state index contributed by atoms with van der Waals surface area (Å²) in [7, 11) is 1.70. The van der Waals surface area contributed by atoms with E-state index in [1.165, 1.54) is 11.1 Å². The lowest BCUT2D eigenvalue weighted by Crippen LogP contribution is -2.29. The van der Waals surface area contributed by atoms with Gasteiger partial charge in [-0.2, -0.15) is 0 Å². The number of hydrogen-bond acceptors (Lipinski definition) is 3. The number of ether oxygens (including phenoxy) is 1. The number of para-hydroxylation sites is 2. The largest absolute Gasteiger partial charge is 0.497 e. The fourth-order valence-corrected chi connectivity index (χ4v) is 4.31. The number of carbonyl (C=O) groups excluding carboxylic acids is 1. The Balaban J connectivity index is 1.36. The maximum atomic E-state index is 12.6. The molecule has 5 heteroatoms. The van der Waals surface area contributed by atoms with Gasteiger partial charge >= 0.3 is 0 Å². The Kier molecular flexibility index (Phi) is 5.33. The van der Waals surface area contributed by atoms with Crippen molar-refractivity contribution in [1.29, 1.82) is 0 Å². The van der Waals surface area contributed by atoms with E-state index >= 15 is 0 Å². The smallest absolute Gasteiger partial charge is 0.220 e. The highest BCUT2D eigenvalue weighted by Gasteiger charge is 2.23. The third-order valence-electron chi connectivity index (χ3n) is 5.72. The molecule has 1 aliphatic rings. The minimum Gasteiger partial charge on any atom is -0.497 e. The normalized spacial score (nSPS) is 16.0. The quantitative estimate of drug-likeness (QED) is 0.707. The van der Waals surface area contributed by atoms with E-state index in [0.29, 0.717) is 18.9 Å². The molecule has 1 heterocycles. The standard InChI is InChI=1S/C23H27N3O2/c1-16-25-21-8-3-4-9-22(21)26(16)13-12-24-23(27)15-18-7-5-6-17-14-19(28-2)10-11-20(17)18/h3-4,8-11,14,18H,5-7,12-13,15H2,1-2H3,(H,24,27). The van der Waals surface area contributed by atoms with Crippen LogP contribution in [0.3, 0.4) is 0 Å². The SMILES string of the molecule is COc1ccc2c(c1)CCCC2CC(=O)NCCn1c(C)nc2ccccc21. The molecule has 0 saturated carbocycles. The van der Waals surface area contributed by atoms with Gasteiger partial charge in [-0.3, -0.25) is 4.79 Å². The van der Waals surface area contributed by atoms with Crippen molar-refractivity contribution in [3.8, 4) is 5.75 Å². The summed E-state index contributed by atoms with van der Waals surface area (Å²) in [5, 5.41) is 3.10. The van der Waals surface area contributed by atoms with Crippen LogP contribution < -0.4 is 10.1 Å². The maximum absolute atomic E-state index is 12.6. The number of amides is 1. The van der Waals surface area contributed by atoms with Gasteiger partial charge in [-0.25, -0.2) is 4.98 Å². The molecule has 1 amide bonds. The van der Waals surface area contributed by atoms with Crippen LogP contribution in [-0.4, -0.2) is 29.1 Å². The van der Waals surface area contributed by atoms with Crippen molar-refractivity contribution < 1.29 is 9.53 Å². The van der Waals surface area contributed by atoms with Gasteiger partial charge in [0.05, 0.1) is 18.1 Å². The van der Waals surface area contributed by atoms with Gasteiger partial charge in [-0.1, -0.05) is 18.2 Å². The fraction of sp³-hybridized carbons (Fsp3) is 0.391. The first-order valence-electron chi connectivity index (χ1n) is 10.0. The van der Waals surface area contributed by atoms with Crippen LogP contribution in [0.1, 0.15) is 42.1 Å². The van der Waals surface area contributed by atoms with Gasteiger partial charge in [-0.15, -0.1) is 0 Å². The van der Waals surface area contributed by atoms with E-state index in [9.17, 15) is 4.79 Å². The van der Waals surface area contributed by atoms with E-state index in [1.807, 2.05) is 31.2 Å². The minimum atomic E-state index is 0.121. The maximum Gasteiger partial charge on any atom is 0.220 e. The molecule has 1 atom stereocenters. The molecule has 0 bridgehead atoms. The van der Waals surface area contributed by atoms with E-state index in [1.54, 1.807) is 7.11 Å². The molecule has 146 valence electrons. The molecule has 5 nitrogen and oxygen atoms in total. The van der Waals surface area contributed by atoms with Crippen molar-refractivity contribution in [1.82, 2.24) is 14.9 Å². The Morgan fingerprint density at radius 3 is 3.00 bits per heavy atom. The first-order chi connectivity index (χ1) is 13.7. The highest BCUT2D eigenvalue weighted by atomic mass is 16.5. The van der Waals surface area contributed by atoms with Crippen molar-refractivity contribution in [2.24, 2.45) is 0 Å². The molecule has 28 heavy (non-hydrogen) atoms. The van der Waals surface area contributed by atoms with Crippen LogP contribution in [0.2, 0.25) is 0 Å². The Hall–Kier alpha value is -2.82. The molecule has 2 aromatic carbocycles. The average Bonchev–Trinajstić information content (AvgIpc) is 3.03. The summed E-state index contributed by atoms with van der Waals surface area (Å²) >= 11 is 0. The average molecular weight is 377 g/mol. The lowest BCUT2D eigenvalue weighted by Gasteiger charge is -2.25. The third-order valence-corrected chi connectivity index (χ3v) is 5.72. The van der Waals surface area contributed by atoms with Gasteiger partial charge in [0.1, 0.15) is 11.6 Å². The van der Waals surface area contributed by atoms with Crippen LogP contribution in [0.4, 0.5) is 0 Å². The molecular weight excluding hydrogens is 350 g/mol. The number of methoxy groups -OCH3 is 1. The van der Waals surface area contributed by atoms with Crippen LogP contribution in [0.25, 0.3) is 11.0 Å². The molecule has 1 aliphatic carbocycles. The molecule has 1 aromatic heterocycles. The first kappa shape index (κ1) is 18.5. The van der Waals surface area contributed by atoms with Crippen molar-refractivity contribution in [2.45, 2.75) is 45.1 Å². The van der Waals surface area contributed by atoms with Gasteiger partial charge < -0.3 is 14.6 Å². The van der Waals surface area contributed by atoms with E-state index in [-0.39, 0.29) is 5.91 Å². The summed E-state index contributed by atoms with van der Waals surface area (Å²) in [4.78, 5) is 17.1. The number of aromatic nitrogens is 2. The number of hydrogen-bond donors (Lipinski definition) is 1. The molecule has 0 radical (unpaired) electrons. The molecule has 3 aromatic rings. The number of rotatable bonds is 6. The monoisotopic (exact) mass is 377 g/mol. The molecule has 0 spiro atoms. The molecule has 4 rings (SSSR count). The number of carbonyl (C=O) groups is 1. The highest BCUT2D eigenvalue weighted by Crippen LogP contribution is 2.35. The Bertz CT molecular complexity index is 993. The Morgan fingerprint density at radius 1 is 1.29 bits per heavy atom. The molecule has 0 fully saturated rings. The Labute approximate surface area is 165 Å². The van der Waals surface area contributed by atoms with Crippen molar-refractivity contribution in [3.05, 3.63) is 59.4 Å². The molecular formula is C23H27N3O2. The van der Waals surface area contributed by atoms with Crippen LogP contribution in [0.5, 0.6) is 5.75 Å². The van der Waals surface area contributed by atoms with Crippen molar-refractivity contribution >= 4 is 16.9 Å². The number of imidazole rings is 1. The lowest BCUT2D eigenvalue weighted by atomic mass is 9.81. The summed E-state index contributed by atoms with van der Waals surface area (Å²) in [5.41, 5.74) is 4.74. The number of nitrogens with one attached hydrogen (secondary N) is 1. The summed E-state index contributed by atoms with van der Waals surface area (Å²) in [5.74, 6) is 2.29.